The lowest BCUT2D eigenvalue weighted by molar-refractivity contribution is 0.0953. The van der Waals surface area contributed by atoms with Gasteiger partial charge in [0.05, 0.1) is 4.88 Å². The molecule has 0 spiro atoms. The summed E-state index contributed by atoms with van der Waals surface area (Å²) in [7, 11) is 0. The van der Waals surface area contributed by atoms with E-state index in [0.717, 1.165) is 29.0 Å². The Morgan fingerprint density at radius 2 is 1.77 bits per heavy atom. The summed E-state index contributed by atoms with van der Waals surface area (Å²) < 4.78 is 0. The average Bonchev–Trinajstić information content (AvgIpc) is 2.97. The van der Waals surface area contributed by atoms with Crippen LogP contribution in [0.1, 0.15) is 50.7 Å². The molecule has 1 N–H and O–H groups in total. The van der Waals surface area contributed by atoms with E-state index < -0.39 is 0 Å². The third kappa shape index (κ3) is 4.53. The molecule has 4 heteroatoms. The van der Waals surface area contributed by atoms with Crippen LogP contribution in [-0.2, 0) is 12.8 Å². The molecule has 0 aliphatic heterocycles. The molecule has 0 bridgehead atoms. The van der Waals surface area contributed by atoms with Crippen molar-refractivity contribution in [3.63, 3.8) is 0 Å². The Kier molecular flexibility index (Phi) is 5.90. The summed E-state index contributed by atoms with van der Waals surface area (Å²) in [6, 6.07) is 11.6. The van der Waals surface area contributed by atoms with Gasteiger partial charge >= 0.3 is 0 Å². The molecule has 116 valence electrons. The van der Waals surface area contributed by atoms with Gasteiger partial charge in [-0.15, -0.1) is 11.3 Å². The maximum Gasteiger partial charge on any atom is 0.251 e. The summed E-state index contributed by atoms with van der Waals surface area (Å²) in [5.41, 5.74) is 1.95. The van der Waals surface area contributed by atoms with Crippen molar-refractivity contribution >= 4 is 23.0 Å². The maximum absolute atomic E-state index is 12.1. The molecule has 0 saturated heterocycles. The summed E-state index contributed by atoms with van der Waals surface area (Å²) in [5, 5.41) is 2.92. The first-order chi connectivity index (χ1) is 10.6. The van der Waals surface area contributed by atoms with Gasteiger partial charge in [-0.3, -0.25) is 9.59 Å². The zero-order valence-electron chi connectivity index (χ0n) is 13.0. The van der Waals surface area contributed by atoms with E-state index in [4.69, 9.17) is 0 Å². The molecule has 0 aliphatic carbocycles. The van der Waals surface area contributed by atoms with Gasteiger partial charge in [0.25, 0.3) is 5.91 Å². The summed E-state index contributed by atoms with van der Waals surface area (Å²) in [5.74, 6) is 0.0406. The Bertz CT molecular complexity index is 643. The Hall–Kier alpha value is -1.94. The number of aryl methyl sites for hydroxylation is 1. The fraction of sp³-hybridized carbons (Fsp3) is 0.333. The standard InChI is InChI=1S/C18H21NO2S/c1-3-4-14-5-7-15(8-6-14)18(21)19-12-11-16-9-10-17(22-16)13(2)20/h5-10H,3-4,11-12H2,1-2H3,(H,19,21). The van der Waals surface area contributed by atoms with E-state index in [1.54, 1.807) is 6.92 Å². The number of nitrogens with one attached hydrogen (secondary N) is 1. The summed E-state index contributed by atoms with van der Waals surface area (Å²) in [4.78, 5) is 25.2. The topological polar surface area (TPSA) is 46.2 Å². The van der Waals surface area contributed by atoms with Crippen molar-refractivity contribution < 1.29 is 9.59 Å². The minimum absolute atomic E-state index is 0.0496. The van der Waals surface area contributed by atoms with Crippen molar-refractivity contribution in [2.75, 3.05) is 6.54 Å². The van der Waals surface area contributed by atoms with Crippen LogP contribution < -0.4 is 5.32 Å². The smallest absolute Gasteiger partial charge is 0.251 e. The molecule has 3 nitrogen and oxygen atoms in total. The molecule has 1 heterocycles. The molecule has 1 aromatic heterocycles. The molecule has 0 unspecified atom stereocenters. The van der Waals surface area contributed by atoms with Crippen molar-refractivity contribution in [3.8, 4) is 0 Å². The number of Topliss-reactive ketones (excluding diaryl/α,β-unsaturated/α-hetero) is 1. The molecule has 0 aliphatic rings. The van der Waals surface area contributed by atoms with Crippen LogP contribution in [-0.4, -0.2) is 18.2 Å². The highest BCUT2D eigenvalue weighted by Crippen LogP contribution is 2.17. The van der Waals surface area contributed by atoms with Gasteiger partial charge in [-0.1, -0.05) is 25.5 Å². The Morgan fingerprint density at radius 3 is 2.36 bits per heavy atom. The van der Waals surface area contributed by atoms with Crippen molar-refractivity contribution in [1.29, 1.82) is 0 Å². The van der Waals surface area contributed by atoms with Gasteiger partial charge in [0.1, 0.15) is 0 Å². The van der Waals surface area contributed by atoms with Crippen molar-refractivity contribution in [2.24, 2.45) is 0 Å². The third-order valence-corrected chi connectivity index (χ3v) is 4.67. The van der Waals surface area contributed by atoms with Gasteiger partial charge in [0.15, 0.2) is 5.78 Å². The quantitative estimate of drug-likeness (QED) is 0.788. The molecular formula is C18H21NO2S. The molecule has 0 saturated carbocycles. The van der Waals surface area contributed by atoms with E-state index in [2.05, 4.69) is 12.2 Å². The minimum Gasteiger partial charge on any atom is -0.352 e. The van der Waals surface area contributed by atoms with Gasteiger partial charge < -0.3 is 5.32 Å². The van der Waals surface area contributed by atoms with Crippen LogP contribution in [0.3, 0.4) is 0 Å². The molecule has 0 atom stereocenters. The number of ketones is 1. The molecule has 22 heavy (non-hydrogen) atoms. The van der Waals surface area contributed by atoms with Crippen molar-refractivity contribution in [3.05, 3.63) is 57.3 Å². The number of thiophene rings is 1. The largest absolute Gasteiger partial charge is 0.352 e. The van der Waals surface area contributed by atoms with Crippen LogP contribution in [0.5, 0.6) is 0 Å². The highest BCUT2D eigenvalue weighted by molar-refractivity contribution is 7.14. The lowest BCUT2D eigenvalue weighted by Gasteiger charge is -2.05. The van der Waals surface area contributed by atoms with Crippen LogP contribution in [0.15, 0.2) is 36.4 Å². The van der Waals surface area contributed by atoms with Gasteiger partial charge in [-0.25, -0.2) is 0 Å². The monoisotopic (exact) mass is 315 g/mol. The van der Waals surface area contributed by atoms with Crippen LogP contribution in [0.25, 0.3) is 0 Å². The average molecular weight is 315 g/mol. The fourth-order valence-corrected chi connectivity index (χ4v) is 3.12. The highest BCUT2D eigenvalue weighted by Gasteiger charge is 2.07. The first kappa shape index (κ1) is 16.4. The molecule has 2 aromatic rings. The van der Waals surface area contributed by atoms with Gasteiger partial charge in [-0.2, -0.15) is 0 Å². The number of benzene rings is 1. The van der Waals surface area contributed by atoms with E-state index in [1.165, 1.54) is 16.9 Å². The Labute approximate surface area is 135 Å². The van der Waals surface area contributed by atoms with E-state index in [9.17, 15) is 9.59 Å². The first-order valence-electron chi connectivity index (χ1n) is 7.57. The number of carbonyl (C=O) groups excluding carboxylic acids is 2. The molecule has 0 radical (unpaired) electrons. The predicted molar refractivity (Wildman–Crippen MR) is 90.8 cm³/mol. The minimum atomic E-state index is -0.0496. The lowest BCUT2D eigenvalue weighted by atomic mass is 10.1. The molecule has 1 amide bonds. The second kappa shape index (κ2) is 7.90. The molecular weight excluding hydrogens is 294 g/mol. The van der Waals surface area contributed by atoms with Gasteiger partial charge in [0.2, 0.25) is 0 Å². The number of hydrogen-bond acceptors (Lipinski definition) is 3. The van der Waals surface area contributed by atoms with E-state index in [1.807, 2.05) is 36.4 Å². The zero-order chi connectivity index (χ0) is 15.9. The van der Waals surface area contributed by atoms with Crippen LogP contribution in [0.2, 0.25) is 0 Å². The fourth-order valence-electron chi connectivity index (χ4n) is 2.21. The van der Waals surface area contributed by atoms with E-state index in [0.29, 0.717) is 12.1 Å². The number of amides is 1. The first-order valence-corrected chi connectivity index (χ1v) is 8.38. The second-order valence-electron chi connectivity index (χ2n) is 5.27. The summed E-state index contributed by atoms with van der Waals surface area (Å²) in [6.07, 6.45) is 2.89. The van der Waals surface area contributed by atoms with Crippen LogP contribution in [0.4, 0.5) is 0 Å². The second-order valence-corrected chi connectivity index (χ2v) is 6.44. The van der Waals surface area contributed by atoms with E-state index >= 15 is 0 Å². The number of rotatable bonds is 7. The Balaban J connectivity index is 1.82. The summed E-state index contributed by atoms with van der Waals surface area (Å²) >= 11 is 1.50. The van der Waals surface area contributed by atoms with Crippen molar-refractivity contribution in [1.82, 2.24) is 5.32 Å². The highest BCUT2D eigenvalue weighted by atomic mass is 32.1. The normalized spacial score (nSPS) is 10.5. The molecule has 1 aromatic carbocycles. The van der Waals surface area contributed by atoms with Crippen LogP contribution >= 0.6 is 11.3 Å². The third-order valence-electron chi connectivity index (χ3n) is 3.42. The van der Waals surface area contributed by atoms with Crippen molar-refractivity contribution in [2.45, 2.75) is 33.1 Å². The lowest BCUT2D eigenvalue weighted by Crippen LogP contribution is -2.25. The Morgan fingerprint density at radius 1 is 1.05 bits per heavy atom. The summed E-state index contributed by atoms with van der Waals surface area (Å²) in [6.45, 7) is 4.29. The number of carbonyl (C=O) groups is 2. The van der Waals surface area contributed by atoms with Gasteiger partial charge in [-0.05, 0) is 49.6 Å². The van der Waals surface area contributed by atoms with Crippen LogP contribution in [0, 0.1) is 0 Å². The SMILES string of the molecule is CCCc1ccc(C(=O)NCCc2ccc(C(C)=O)s2)cc1. The maximum atomic E-state index is 12.1. The molecule has 2 rings (SSSR count). The van der Waals surface area contributed by atoms with E-state index in [-0.39, 0.29) is 11.7 Å². The van der Waals surface area contributed by atoms with Gasteiger partial charge in [0, 0.05) is 17.0 Å². The zero-order valence-corrected chi connectivity index (χ0v) is 13.8. The molecule has 0 fully saturated rings. The predicted octanol–water partition coefficient (Wildman–Crippen LogP) is 3.88. The number of hydrogen-bond donors (Lipinski definition) is 1.